The summed E-state index contributed by atoms with van der Waals surface area (Å²) in [4.78, 5) is 40.1. The van der Waals surface area contributed by atoms with Crippen LogP contribution in [0, 0.1) is 0 Å². The molecule has 2 aliphatic rings. The van der Waals surface area contributed by atoms with Crippen LogP contribution in [0.5, 0.6) is 0 Å². The maximum absolute atomic E-state index is 12.5. The molecule has 0 saturated carbocycles. The average Bonchev–Trinajstić information content (AvgIpc) is 3.29. The van der Waals surface area contributed by atoms with Crippen LogP contribution < -0.4 is 0 Å². The van der Waals surface area contributed by atoms with Crippen LogP contribution in [0.25, 0.3) is 0 Å². The molecule has 0 bridgehead atoms. The molecule has 0 radical (unpaired) electrons. The molecular weight excluding hydrogens is 348 g/mol. The summed E-state index contributed by atoms with van der Waals surface area (Å²) < 4.78 is 10.4. The minimum absolute atomic E-state index is 0.169. The predicted octanol–water partition coefficient (Wildman–Crippen LogP) is 2.25. The Bertz CT molecular complexity index is 723. The molecule has 0 spiro atoms. The second-order valence-electron chi connectivity index (χ2n) is 6.78. The van der Waals surface area contributed by atoms with E-state index in [-0.39, 0.29) is 25.3 Å². The predicted molar refractivity (Wildman–Crippen MR) is 97.5 cm³/mol. The molecule has 2 amide bonds. The van der Waals surface area contributed by atoms with Crippen LogP contribution in [-0.4, -0.2) is 53.6 Å². The van der Waals surface area contributed by atoms with Gasteiger partial charge in [0.15, 0.2) is 0 Å². The fraction of sp³-hybridized carbons (Fsp3) is 0.450. The van der Waals surface area contributed by atoms with E-state index in [1.54, 1.807) is 11.0 Å². The fourth-order valence-corrected chi connectivity index (χ4v) is 3.57. The number of rotatable bonds is 5. The van der Waals surface area contributed by atoms with Crippen molar-refractivity contribution < 1.29 is 23.9 Å². The summed E-state index contributed by atoms with van der Waals surface area (Å²) in [6.07, 6.45) is 1.74. The smallest absolute Gasteiger partial charge is 0.410 e. The molecular formula is C20H24N2O5. The Hall–Kier alpha value is -2.83. The number of nitrogens with zero attached hydrogens (tertiary/aromatic N) is 2. The van der Waals surface area contributed by atoms with Gasteiger partial charge >= 0.3 is 12.1 Å². The van der Waals surface area contributed by atoms with Crippen LogP contribution in [0.4, 0.5) is 4.79 Å². The Labute approximate surface area is 158 Å². The zero-order chi connectivity index (χ0) is 19.4. The molecule has 3 rings (SSSR count). The Kier molecular flexibility index (Phi) is 5.78. The van der Waals surface area contributed by atoms with Gasteiger partial charge in [0, 0.05) is 25.9 Å². The number of esters is 1. The van der Waals surface area contributed by atoms with Crippen LogP contribution in [0.2, 0.25) is 0 Å². The van der Waals surface area contributed by atoms with Crippen molar-refractivity contribution in [3.63, 3.8) is 0 Å². The van der Waals surface area contributed by atoms with Gasteiger partial charge in [0.2, 0.25) is 5.91 Å². The van der Waals surface area contributed by atoms with Crippen LogP contribution in [-0.2, 0) is 32.2 Å². The minimum atomic E-state index is -0.721. The van der Waals surface area contributed by atoms with Crippen molar-refractivity contribution in [3.05, 3.63) is 48.0 Å². The van der Waals surface area contributed by atoms with Crippen molar-refractivity contribution >= 4 is 18.0 Å². The molecule has 0 N–H and O–H groups in total. The third-order valence-electron chi connectivity index (χ3n) is 4.99. The average molecular weight is 372 g/mol. The Balaban J connectivity index is 1.62. The number of carbonyl (C=O) groups excluding carboxylic acids is 3. The molecule has 2 heterocycles. The normalized spacial score (nSPS) is 20.9. The van der Waals surface area contributed by atoms with Crippen LogP contribution >= 0.6 is 0 Å². The maximum atomic E-state index is 12.5. The molecule has 7 heteroatoms. The summed E-state index contributed by atoms with van der Waals surface area (Å²) >= 11 is 0. The van der Waals surface area contributed by atoms with Crippen molar-refractivity contribution in [2.45, 2.75) is 44.5 Å². The number of hydrogen-bond donors (Lipinski definition) is 0. The molecule has 2 atom stereocenters. The Morgan fingerprint density at radius 3 is 2.48 bits per heavy atom. The third kappa shape index (κ3) is 4.13. The van der Waals surface area contributed by atoms with Crippen molar-refractivity contribution in [2.24, 2.45) is 0 Å². The number of carbonyl (C=O) groups is 3. The van der Waals surface area contributed by atoms with Crippen LogP contribution in [0.1, 0.15) is 30.4 Å². The second-order valence-corrected chi connectivity index (χ2v) is 6.78. The molecule has 144 valence electrons. The number of likely N-dealkylation sites (tertiary alicyclic amines) is 1. The summed E-state index contributed by atoms with van der Waals surface area (Å²) in [5.74, 6) is -0.661. The maximum Gasteiger partial charge on any atom is 0.410 e. The lowest BCUT2D eigenvalue weighted by Gasteiger charge is -2.22. The molecule has 1 fully saturated rings. The molecule has 1 aromatic rings. The lowest BCUT2D eigenvalue weighted by molar-refractivity contribution is -0.150. The monoisotopic (exact) mass is 372 g/mol. The van der Waals surface area contributed by atoms with Gasteiger partial charge in [-0.2, -0.15) is 0 Å². The van der Waals surface area contributed by atoms with Crippen molar-refractivity contribution in [1.29, 1.82) is 0 Å². The second kappa shape index (κ2) is 8.24. The molecule has 7 nitrogen and oxygen atoms in total. The van der Waals surface area contributed by atoms with Gasteiger partial charge in [-0.15, -0.1) is 6.58 Å². The summed E-state index contributed by atoms with van der Waals surface area (Å²) in [5.41, 5.74) is 2.21. The minimum Gasteiger partial charge on any atom is -0.467 e. The van der Waals surface area contributed by atoms with Gasteiger partial charge in [-0.25, -0.2) is 9.59 Å². The number of methoxy groups -OCH3 is 1. The first-order valence-electron chi connectivity index (χ1n) is 9.04. The summed E-state index contributed by atoms with van der Waals surface area (Å²) in [6, 6.07) is 7.15. The van der Waals surface area contributed by atoms with Gasteiger partial charge in [0.05, 0.1) is 13.7 Å². The first-order valence-corrected chi connectivity index (χ1v) is 9.04. The van der Waals surface area contributed by atoms with E-state index in [0.717, 1.165) is 11.1 Å². The molecule has 27 heavy (non-hydrogen) atoms. The van der Waals surface area contributed by atoms with Crippen molar-refractivity contribution in [3.8, 4) is 0 Å². The standard InChI is InChI=1S/C20H24N2O5/c1-3-4-9-18(23)22-13-16(10-17(22)19(24)26-2)27-20(25)21-11-14-7-5-6-8-15(14)12-21/h3,5-8,16-17H,1,4,9-13H2,2H3/t16-,17+/m1/s1. The molecule has 0 aliphatic carbocycles. The highest BCUT2D eigenvalue weighted by molar-refractivity contribution is 5.85. The number of benzene rings is 1. The van der Waals surface area contributed by atoms with Gasteiger partial charge in [-0.1, -0.05) is 30.3 Å². The largest absolute Gasteiger partial charge is 0.467 e. The topological polar surface area (TPSA) is 76.2 Å². The Morgan fingerprint density at radius 2 is 1.89 bits per heavy atom. The van der Waals surface area contributed by atoms with E-state index in [1.807, 2.05) is 24.3 Å². The van der Waals surface area contributed by atoms with Gasteiger partial charge in [0.25, 0.3) is 0 Å². The molecule has 2 aliphatic heterocycles. The number of hydrogen-bond acceptors (Lipinski definition) is 5. The summed E-state index contributed by atoms with van der Waals surface area (Å²) in [5, 5.41) is 0. The van der Waals surface area contributed by atoms with Gasteiger partial charge in [0.1, 0.15) is 12.1 Å². The van der Waals surface area contributed by atoms with E-state index < -0.39 is 24.2 Å². The molecule has 1 saturated heterocycles. The van der Waals surface area contributed by atoms with Crippen LogP contribution in [0.3, 0.4) is 0 Å². The lowest BCUT2D eigenvalue weighted by atomic mass is 10.1. The zero-order valence-corrected chi connectivity index (χ0v) is 15.4. The van der Waals surface area contributed by atoms with Gasteiger partial charge < -0.3 is 14.4 Å². The van der Waals surface area contributed by atoms with Crippen molar-refractivity contribution in [1.82, 2.24) is 9.80 Å². The quantitative estimate of drug-likeness (QED) is 0.585. The lowest BCUT2D eigenvalue weighted by Crippen LogP contribution is -2.41. The third-order valence-corrected chi connectivity index (χ3v) is 4.99. The summed E-state index contributed by atoms with van der Waals surface area (Å²) in [7, 11) is 1.29. The highest BCUT2D eigenvalue weighted by Crippen LogP contribution is 2.26. The molecule has 1 aromatic carbocycles. The van der Waals surface area contributed by atoms with E-state index in [1.165, 1.54) is 12.0 Å². The number of fused-ring (bicyclic) bond motifs is 1. The first kappa shape index (κ1) is 18.9. The van der Waals surface area contributed by atoms with E-state index >= 15 is 0 Å². The van der Waals surface area contributed by atoms with E-state index in [0.29, 0.717) is 19.5 Å². The summed E-state index contributed by atoms with van der Waals surface area (Å²) in [6.45, 7) is 4.81. The van der Waals surface area contributed by atoms with E-state index in [9.17, 15) is 14.4 Å². The van der Waals surface area contributed by atoms with E-state index in [2.05, 4.69) is 6.58 Å². The van der Waals surface area contributed by atoms with Crippen LogP contribution in [0.15, 0.2) is 36.9 Å². The molecule has 0 aromatic heterocycles. The number of allylic oxidation sites excluding steroid dienone is 1. The first-order chi connectivity index (χ1) is 13.0. The highest BCUT2D eigenvalue weighted by Gasteiger charge is 2.42. The van der Waals surface area contributed by atoms with Gasteiger partial charge in [-0.05, 0) is 17.5 Å². The SMILES string of the molecule is C=CCCC(=O)N1C[C@H](OC(=O)N2Cc3ccccc3C2)C[C@H]1C(=O)OC. The highest BCUT2D eigenvalue weighted by atomic mass is 16.6. The van der Waals surface area contributed by atoms with Crippen molar-refractivity contribution in [2.75, 3.05) is 13.7 Å². The number of amides is 2. The van der Waals surface area contributed by atoms with Gasteiger partial charge in [-0.3, -0.25) is 9.69 Å². The zero-order valence-electron chi connectivity index (χ0n) is 15.4. The fourth-order valence-electron chi connectivity index (χ4n) is 3.57. The number of ether oxygens (including phenoxy) is 2. The molecule has 0 unspecified atom stereocenters. The Morgan fingerprint density at radius 1 is 1.22 bits per heavy atom. The van der Waals surface area contributed by atoms with E-state index in [4.69, 9.17) is 9.47 Å².